The number of benzene rings is 3. The summed E-state index contributed by atoms with van der Waals surface area (Å²) in [6.45, 7) is 1.07. The van der Waals surface area contributed by atoms with Crippen LogP contribution in [0.3, 0.4) is 0 Å². The van der Waals surface area contributed by atoms with Gasteiger partial charge < -0.3 is 26.5 Å². The normalized spacial score (nSPS) is 12.7. The molecule has 5 amide bonds. The number of fused-ring (bicyclic) bond motifs is 1. The molecule has 3 atom stereocenters. The van der Waals surface area contributed by atoms with E-state index in [9.17, 15) is 24.0 Å². The zero-order chi connectivity index (χ0) is 33.8. The lowest BCUT2D eigenvalue weighted by Crippen LogP contribution is -2.52. The van der Waals surface area contributed by atoms with E-state index in [1.165, 1.54) is 4.85 Å². The fraction of sp³-hybridized carbons (Fsp3) is 0.281. The maximum atomic E-state index is 13.4. The predicted octanol–water partition coefficient (Wildman–Crippen LogP) is 0.996. The first-order chi connectivity index (χ1) is 22.6. The van der Waals surface area contributed by atoms with Crippen molar-refractivity contribution in [2.24, 2.45) is 11.7 Å². The van der Waals surface area contributed by atoms with Crippen LogP contribution in [-0.4, -0.2) is 80.9 Å². The first kappa shape index (κ1) is 34.4. The molecule has 0 aliphatic rings. The van der Waals surface area contributed by atoms with Gasteiger partial charge in [0, 0.05) is 42.6 Å². The fourth-order valence-electron chi connectivity index (χ4n) is 4.62. The summed E-state index contributed by atoms with van der Waals surface area (Å²) in [6, 6.07) is 22.4. The quantitative estimate of drug-likeness (QED) is 0.128. The third-order valence-corrected chi connectivity index (χ3v) is 7.34. The minimum Gasteiger partial charge on any atom is -0.395 e. The van der Waals surface area contributed by atoms with E-state index in [1.54, 1.807) is 73.7 Å². The Hall–Kier alpha value is -5.50. The van der Waals surface area contributed by atoms with E-state index in [0.717, 1.165) is 5.56 Å². The van der Waals surface area contributed by atoms with Gasteiger partial charge in [0.2, 0.25) is 17.7 Å². The maximum absolute atomic E-state index is 13.4. The predicted molar refractivity (Wildman–Crippen MR) is 172 cm³/mol. The second-order valence-corrected chi connectivity index (χ2v) is 11.1. The largest absolute Gasteiger partial charge is 0.395 e. The van der Waals surface area contributed by atoms with Gasteiger partial charge in [-0.15, -0.1) is 5.10 Å². The molecule has 0 aliphatic carbocycles. The number of primary amides is 1. The van der Waals surface area contributed by atoms with Crippen LogP contribution < -0.4 is 26.5 Å². The number of halogens is 1. The van der Waals surface area contributed by atoms with E-state index < -0.39 is 54.1 Å². The number of nitrogens with one attached hydrogen (secondary N) is 3. The first-order valence-electron chi connectivity index (χ1n) is 14.8. The standard InChI is InChI=1S/C32H35ClN8O6/c1-21(20-47-41-26-15-9-8-14-24(26)38-39-41)29(37-30(44)23-12-6-3-7-13-23)31(45)35-17-16-28(43)36-25(18-22-10-4-2-5-11-22)32(46)40(33)19-27(34)42/h2-15,21,25,29H,16-20H2,1H3,(H2,34,42)(H,35,45)(H,36,43)(H,37,44)/t21-,25+,29+/m1/s1. The van der Waals surface area contributed by atoms with Crippen LogP contribution >= 0.6 is 11.8 Å². The number of carbonyl (C=O) groups excluding carboxylic acids is 5. The lowest BCUT2D eigenvalue weighted by atomic mass is 10.0. The zero-order valence-electron chi connectivity index (χ0n) is 25.5. The summed E-state index contributed by atoms with van der Waals surface area (Å²) < 4.78 is 0.629. The molecule has 0 saturated carbocycles. The first-order valence-corrected chi connectivity index (χ1v) is 15.1. The van der Waals surface area contributed by atoms with Gasteiger partial charge >= 0.3 is 0 Å². The molecule has 1 heterocycles. The Morgan fingerprint density at radius 3 is 2.30 bits per heavy atom. The Bertz CT molecular complexity index is 1690. The van der Waals surface area contributed by atoms with Gasteiger partial charge in [-0.25, -0.2) is 4.42 Å². The summed E-state index contributed by atoms with van der Waals surface area (Å²) in [4.78, 5) is 70.6. The van der Waals surface area contributed by atoms with Crippen LogP contribution in [0.4, 0.5) is 0 Å². The van der Waals surface area contributed by atoms with Crippen molar-refractivity contribution < 1.29 is 28.8 Å². The molecule has 4 aromatic rings. The van der Waals surface area contributed by atoms with E-state index in [0.29, 0.717) is 21.0 Å². The van der Waals surface area contributed by atoms with Crippen molar-refractivity contribution in [3.63, 3.8) is 0 Å². The van der Waals surface area contributed by atoms with Gasteiger partial charge in [-0.3, -0.25) is 24.0 Å². The highest BCUT2D eigenvalue weighted by molar-refractivity contribution is 6.23. The number of carbonyl (C=O) groups is 5. The van der Waals surface area contributed by atoms with Gasteiger partial charge in [-0.05, 0) is 35.0 Å². The number of nitrogens with two attached hydrogens (primary N) is 1. The van der Waals surface area contributed by atoms with Crippen molar-refractivity contribution >= 4 is 52.3 Å². The number of hydrogen-bond acceptors (Lipinski definition) is 8. The van der Waals surface area contributed by atoms with Crippen LogP contribution in [0.5, 0.6) is 0 Å². The van der Waals surface area contributed by atoms with Crippen LogP contribution in [0.2, 0.25) is 0 Å². The monoisotopic (exact) mass is 662 g/mol. The lowest BCUT2D eigenvalue weighted by Gasteiger charge is -2.24. The SMILES string of the molecule is C[C@H](COn1nnc2ccccc21)[C@H](NC(=O)c1ccccc1)C(=O)NCCC(=O)N[C@@H](Cc1ccccc1)C(=O)N(Cl)CC(N)=O. The van der Waals surface area contributed by atoms with Crippen molar-refractivity contribution in [2.45, 2.75) is 31.8 Å². The summed E-state index contributed by atoms with van der Waals surface area (Å²) in [6.07, 6.45) is -0.0937. The molecule has 0 spiro atoms. The number of aromatic nitrogens is 3. The van der Waals surface area contributed by atoms with Gasteiger partial charge in [0.25, 0.3) is 11.8 Å². The third kappa shape index (κ3) is 9.99. The number of hydrogen-bond donors (Lipinski definition) is 4. The van der Waals surface area contributed by atoms with Crippen molar-refractivity contribution in [1.82, 2.24) is 35.5 Å². The summed E-state index contributed by atoms with van der Waals surface area (Å²) in [5, 5.41) is 16.1. The molecular weight excluding hydrogens is 628 g/mol. The summed E-state index contributed by atoms with van der Waals surface area (Å²) in [5.74, 6) is -3.65. The van der Waals surface area contributed by atoms with Crippen LogP contribution in [-0.2, 0) is 25.6 Å². The molecule has 0 radical (unpaired) electrons. The van der Waals surface area contributed by atoms with Crippen LogP contribution in [0.25, 0.3) is 11.0 Å². The minimum atomic E-state index is -1.10. The Labute approximate surface area is 275 Å². The number of nitrogens with zero attached hydrogens (tertiary/aromatic N) is 4. The van der Waals surface area contributed by atoms with Crippen LogP contribution in [0, 0.1) is 5.92 Å². The number of rotatable bonds is 16. The summed E-state index contributed by atoms with van der Waals surface area (Å²) in [5.41, 5.74) is 7.54. The highest BCUT2D eigenvalue weighted by atomic mass is 35.5. The molecule has 0 aliphatic heterocycles. The molecule has 0 saturated heterocycles. The van der Waals surface area contributed by atoms with E-state index in [-0.39, 0.29) is 26.0 Å². The molecule has 0 unspecified atom stereocenters. The lowest BCUT2D eigenvalue weighted by molar-refractivity contribution is -0.134. The Balaban J connectivity index is 1.39. The van der Waals surface area contributed by atoms with Crippen molar-refractivity contribution in [3.8, 4) is 0 Å². The van der Waals surface area contributed by atoms with Gasteiger partial charge in [0.05, 0.1) is 0 Å². The molecule has 0 fully saturated rings. The third-order valence-electron chi connectivity index (χ3n) is 7.06. The van der Waals surface area contributed by atoms with Gasteiger partial charge in [0.15, 0.2) is 0 Å². The molecule has 5 N–H and O–H groups in total. The second-order valence-electron chi connectivity index (χ2n) is 10.7. The van der Waals surface area contributed by atoms with E-state index in [4.69, 9.17) is 22.3 Å². The average Bonchev–Trinajstić information content (AvgIpc) is 3.49. The van der Waals surface area contributed by atoms with Crippen LogP contribution in [0.1, 0.15) is 29.3 Å². The summed E-state index contributed by atoms with van der Waals surface area (Å²) >= 11 is 5.97. The van der Waals surface area contributed by atoms with Crippen molar-refractivity contribution in [2.75, 3.05) is 19.7 Å². The molecule has 14 nitrogen and oxygen atoms in total. The molecule has 3 aromatic carbocycles. The molecule has 0 bridgehead atoms. The zero-order valence-corrected chi connectivity index (χ0v) is 26.3. The minimum absolute atomic E-state index is 0.00942. The maximum Gasteiger partial charge on any atom is 0.260 e. The highest BCUT2D eigenvalue weighted by Gasteiger charge is 2.29. The molecule has 246 valence electrons. The highest BCUT2D eigenvalue weighted by Crippen LogP contribution is 2.12. The van der Waals surface area contributed by atoms with Gasteiger partial charge in [0.1, 0.15) is 36.3 Å². The van der Waals surface area contributed by atoms with E-state index in [1.807, 2.05) is 18.2 Å². The van der Waals surface area contributed by atoms with Crippen LogP contribution in [0.15, 0.2) is 84.9 Å². The summed E-state index contributed by atoms with van der Waals surface area (Å²) in [7, 11) is 0. The molecular formula is C32H35ClN8O6. The Morgan fingerprint density at radius 1 is 0.936 bits per heavy atom. The van der Waals surface area contributed by atoms with E-state index in [2.05, 4.69) is 26.3 Å². The smallest absolute Gasteiger partial charge is 0.260 e. The van der Waals surface area contributed by atoms with Gasteiger partial charge in [-0.1, -0.05) is 72.4 Å². The number of para-hydroxylation sites is 1. The Kier molecular flexibility index (Phi) is 12.2. The topological polar surface area (TPSA) is 191 Å². The van der Waals surface area contributed by atoms with Crippen molar-refractivity contribution in [1.29, 1.82) is 0 Å². The average molecular weight is 663 g/mol. The molecule has 1 aromatic heterocycles. The molecule has 15 heteroatoms. The fourth-order valence-corrected chi connectivity index (χ4v) is 4.85. The molecule has 4 rings (SSSR count). The Morgan fingerprint density at radius 2 is 1.60 bits per heavy atom. The van der Waals surface area contributed by atoms with Crippen molar-refractivity contribution in [3.05, 3.63) is 96.1 Å². The second kappa shape index (κ2) is 16.7. The van der Waals surface area contributed by atoms with E-state index >= 15 is 0 Å². The molecule has 47 heavy (non-hydrogen) atoms. The van der Waals surface area contributed by atoms with Gasteiger partial charge in [-0.2, -0.15) is 0 Å². The number of amides is 5.